The largest absolute Gasteiger partial charge is 0.354 e. The van der Waals surface area contributed by atoms with Crippen molar-refractivity contribution in [2.45, 2.75) is 25.3 Å². The number of rotatable bonds is 8. The molecule has 2 aromatic carbocycles. The number of nitrogens with one attached hydrogen (secondary N) is 1. The Morgan fingerprint density at radius 3 is 2.63 bits per heavy atom. The van der Waals surface area contributed by atoms with Gasteiger partial charge in [-0.05, 0) is 36.2 Å². The van der Waals surface area contributed by atoms with Gasteiger partial charge in [-0.1, -0.05) is 47.1 Å². The molecule has 1 heterocycles. The Morgan fingerprint density at radius 1 is 1.15 bits per heavy atom. The SMILES string of the molecule is NC(CNC(=O)CCCc1nc(-c2ccc(Cl)cc2)no1)c1ccccc1. The minimum Gasteiger partial charge on any atom is -0.354 e. The van der Waals surface area contributed by atoms with Crippen LogP contribution in [0.4, 0.5) is 0 Å². The summed E-state index contributed by atoms with van der Waals surface area (Å²) in [4.78, 5) is 16.3. The molecule has 3 N–H and O–H groups in total. The van der Waals surface area contributed by atoms with Gasteiger partial charge in [0.2, 0.25) is 17.6 Å². The highest BCUT2D eigenvalue weighted by molar-refractivity contribution is 6.30. The second-order valence-corrected chi connectivity index (χ2v) is 6.63. The Morgan fingerprint density at radius 2 is 1.89 bits per heavy atom. The molecule has 0 aliphatic heterocycles. The van der Waals surface area contributed by atoms with E-state index in [9.17, 15) is 4.79 Å². The second kappa shape index (κ2) is 9.30. The Kier molecular flexibility index (Phi) is 6.57. The first-order valence-corrected chi connectivity index (χ1v) is 9.15. The summed E-state index contributed by atoms with van der Waals surface area (Å²) in [6, 6.07) is 16.7. The van der Waals surface area contributed by atoms with Crippen molar-refractivity contribution in [1.29, 1.82) is 0 Å². The molecule has 1 atom stereocenters. The zero-order chi connectivity index (χ0) is 19.1. The number of carbonyl (C=O) groups is 1. The van der Waals surface area contributed by atoms with Crippen molar-refractivity contribution >= 4 is 17.5 Å². The fourth-order valence-electron chi connectivity index (χ4n) is 2.60. The molecule has 0 spiro atoms. The summed E-state index contributed by atoms with van der Waals surface area (Å²) in [6.07, 6.45) is 1.54. The van der Waals surface area contributed by atoms with Crippen LogP contribution in [0.5, 0.6) is 0 Å². The number of amides is 1. The van der Waals surface area contributed by atoms with E-state index in [4.69, 9.17) is 21.9 Å². The number of halogens is 1. The molecule has 6 nitrogen and oxygen atoms in total. The number of hydrogen-bond donors (Lipinski definition) is 2. The molecule has 0 bridgehead atoms. The van der Waals surface area contributed by atoms with E-state index in [-0.39, 0.29) is 11.9 Å². The average molecular weight is 385 g/mol. The van der Waals surface area contributed by atoms with Crippen LogP contribution in [0.1, 0.15) is 30.3 Å². The van der Waals surface area contributed by atoms with E-state index >= 15 is 0 Å². The number of nitrogens with two attached hydrogens (primary N) is 1. The maximum Gasteiger partial charge on any atom is 0.226 e. The average Bonchev–Trinajstić information content (AvgIpc) is 3.16. The van der Waals surface area contributed by atoms with Gasteiger partial charge in [-0.25, -0.2) is 0 Å². The molecule has 0 aliphatic carbocycles. The van der Waals surface area contributed by atoms with Gasteiger partial charge in [0.05, 0.1) is 0 Å². The summed E-state index contributed by atoms with van der Waals surface area (Å²) in [5, 5.41) is 7.47. The Bertz CT molecular complexity index is 865. The van der Waals surface area contributed by atoms with Crippen LogP contribution in [0.25, 0.3) is 11.4 Å². The molecule has 0 radical (unpaired) electrons. The second-order valence-electron chi connectivity index (χ2n) is 6.19. The van der Waals surface area contributed by atoms with E-state index in [1.807, 2.05) is 42.5 Å². The Labute approximate surface area is 162 Å². The van der Waals surface area contributed by atoms with Crippen LogP contribution in [0.3, 0.4) is 0 Å². The number of nitrogens with zero attached hydrogens (tertiary/aromatic N) is 2. The molecular weight excluding hydrogens is 364 g/mol. The van der Waals surface area contributed by atoms with Gasteiger partial charge in [-0.3, -0.25) is 4.79 Å². The van der Waals surface area contributed by atoms with E-state index in [1.165, 1.54) is 0 Å². The summed E-state index contributed by atoms with van der Waals surface area (Å²) in [5.74, 6) is 0.979. The molecule has 1 aromatic heterocycles. The van der Waals surface area contributed by atoms with Crippen molar-refractivity contribution in [1.82, 2.24) is 15.5 Å². The minimum absolute atomic E-state index is 0.0428. The zero-order valence-electron chi connectivity index (χ0n) is 14.8. The lowest BCUT2D eigenvalue weighted by molar-refractivity contribution is -0.121. The van der Waals surface area contributed by atoms with Gasteiger partial charge >= 0.3 is 0 Å². The van der Waals surface area contributed by atoms with Crippen molar-refractivity contribution in [2.75, 3.05) is 6.54 Å². The van der Waals surface area contributed by atoms with Crippen LogP contribution in [0.2, 0.25) is 5.02 Å². The lowest BCUT2D eigenvalue weighted by Gasteiger charge is -2.12. The predicted molar refractivity (Wildman–Crippen MR) is 104 cm³/mol. The van der Waals surface area contributed by atoms with Crippen molar-refractivity contribution in [3.8, 4) is 11.4 Å². The monoisotopic (exact) mass is 384 g/mol. The van der Waals surface area contributed by atoms with Crippen molar-refractivity contribution in [2.24, 2.45) is 5.73 Å². The fourth-order valence-corrected chi connectivity index (χ4v) is 2.73. The van der Waals surface area contributed by atoms with E-state index in [2.05, 4.69) is 15.5 Å². The maximum atomic E-state index is 12.0. The van der Waals surface area contributed by atoms with Gasteiger partial charge in [-0.15, -0.1) is 0 Å². The van der Waals surface area contributed by atoms with Crippen molar-refractivity contribution in [3.05, 3.63) is 71.1 Å². The standard InChI is InChI=1S/C20H21ClN4O2/c21-16-11-9-15(10-12-16)20-24-19(27-25-20)8-4-7-18(26)23-13-17(22)14-5-2-1-3-6-14/h1-3,5-6,9-12,17H,4,7-8,13,22H2,(H,23,26). The summed E-state index contributed by atoms with van der Waals surface area (Å²) >= 11 is 5.87. The van der Waals surface area contributed by atoms with Crippen LogP contribution in [0, 0.1) is 0 Å². The fraction of sp³-hybridized carbons (Fsp3) is 0.250. The van der Waals surface area contributed by atoms with Crippen LogP contribution >= 0.6 is 11.6 Å². The molecule has 0 fully saturated rings. The maximum absolute atomic E-state index is 12.0. The first-order chi connectivity index (χ1) is 13.1. The van der Waals surface area contributed by atoms with Crippen LogP contribution in [-0.4, -0.2) is 22.6 Å². The smallest absolute Gasteiger partial charge is 0.226 e. The third-order valence-electron chi connectivity index (χ3n) is 4.11. The van der Waals surface area contributed by atoms with Crippen LogP contribution in [0.15, 0.2) is 59.1 Å². The van der Waals surface area contributed by atoms with E-state index in [0.717, 1.165) is 11.1 Å². The van der Waals surface area contributed by atoms with Crippen molar-refractivity contribution in [3.63, 3.8) is 0 Å². The molecule has 3 rings (SSSR count). The Hall–Kier alpha value is -2.70. The predicted octanol–water partition coefficient (Wildman–Crippen LogP) is 3.53. The summed E-state index contributed by atoms with van der Waals surface area (Å²) in [7, 11) is 0. The van der Waals surface area contributed by atoms with Crippen molar-refractivity contribution < 1.29 is 9.32 Å². The van der Waals surface area contributed by atoms with E-state index < -0.39 is 0 Å². The number of hydrogen-bond acceptors (Lipinski definition) is 5. The molecule has 0 saturated heterocycles. The highest BCUT2D eigenvalue weighted by atomic mass is 35.5. The molecular formula is C20H21ClN4O2. The highest BCUT2D eigenvalue weighted by Crippen LogP contribution is 2.19. The Balaban J connectivity index is 1.40. The first-order valence-electron chi connectivity index (χ1n) is 8.77. The normalized spacial score (nSPS) is 11.9. The van der Waals surface area contributed by atoms with E-state index in [0.29, 0.717) is 42.5 Å². The van der Waals surface area contributed by atoms with E-state index in [1.54, 1.807) is 12.1 Å². The lowest BCUT2D eigenvalue weighted by atomic mass is 10.1. The lowest BCUT2D eigenvalue weighted by Crippen LogP contribution is -2.31. The number of aromatic nitrogens is 2. The molecule has 27 heavy (non-hydrogen) atoms. The number of benzene rings is 2. The quantitative estimate of drug-likeness (QED) is 0.619. The third kappa shape index (κ3) is 5.64. The summed E-state index contributed by atoms with van der Waals surface area (Å²) in [5.41, 5.74) is 7.91. The molecule has 0 aliphatic rings. The van der Waals surface area contributed by atoms with Gasteiger partial charge in [0, 0.05) is 36.0 Å². The molecule has 1 amide bonds. The summed E-state index contributed by atoms with van der Waals surface area (Å²) < 4.78 is 5.24. The van der Waals surface area contributed by atoms with Crippen LogP contribution < -0.4 is 11.1 Å². The van der Waals surface area contributed by atoms with Crippen LogP contribution in [-0.2, 0) is 11.2 Å². The number of carbonyl (C=O) groups excluding carboxylic acids is 1. The molecule has 0 saturated carbocycles. The number of aryl methyl sites for hydroxylation is 1. The third-order valence-corrected chi connectivity index (χ3v) is 4.36. The van der Waals surface area contributed by atoms with Gasteiger partial charge in [0.15, 0.2) is 0 Å². The molecule has 140 valence electrons. The van der Waals surface area contributed by atoms with Gasteiger partial charge in [-0.2, -0.15) is 4.98 Å². The molecule has 1 unspecified atom stereocenters. The first kappa shape index (κ1) is 19.1. The minimum atomic E-state index is -0.215. The highest BCUT2D eigenvalue weighted by Gasteiger charge is 2.11. The molecule has 3 aromatic rings. The van der Waals surface area contributed by atoms with Gasteiger partial charge < -0.3 is 15.6 Å². The molecule has 7 heteroatoms. The zero-order valence-corrected chi connectivity index (χ0v) is 15.5. The summed E-state index contributed by atoms with van der Waals surface area (Å²) in [6.45, 7) is 0.407. The van der Waals surface area contributed by atoms with Gasteiger partial charge in [0.25, 0.3) is 0 Å². The van der Waals surface area contributed by atoms with Gasteiger partial charge in [0.1, 0.15) is 0 Å². The topological polar surface area (TPSA) is 94.0 Å².